The van der Waals surface area contributed by atoms with Gasteiger partial charge in [0.05, 0.1) is 0 Å². The van der Waals surface area contributed by atoms with Crippen LogP contribution in [0.1, 0.15) is 24.8 Å². The number of aliphatic hydroxyl groups excluding tert-OH is 1. The number of benzene rings is 1. The van der Waals surface area contributed by atoms with E-state index in [0.717, 1.165) is 23.4 Å². The predicted molar refractivity (Wildman–Crippen MR) is 69.2 cm³/mol. The second kappa shape index (κ2) is 5.80. The van der Waals surface area contributed by atoms with Gasteiger partial charge in [0.25, 0.3) is 0 Å². The van der Waals surface area contributed by atoms with Crippen molar-refractivity contribution in [3.63, 3.8) is 0 Å². The maximum atomic E-state index is 9.01. The Bertz CT molecular complexity index is 338. The lowest BCUT2D eigenvalue weighted by Crippen LogP contribution is -2.31. The topological polar surface area (TPSA) is 32.3 Å². The van der Waals surface area contributed by atoms with Gasteiger partial charge < -0.3 is 10.4 Å². The summed E-state index contributed by atoms with van der Waals surface area (Å²) in [6, 6.07) is 8.84. The minimum Gasteiger partial charge on any atom is -0.396 e. The van der Waals surface area contributed by atoms with Crippen molar-refractivity contribution >= 4 is 15.9 Å². The van der Waals surface area contributed by atoms with E-state index in [2.05, 4.69) is 39.4 Å². The van der Waals surface area contributed by atoms with Gasteiger partial charge in [0.2, 0.25) is 0 Å². The van der Waals surface area contributed by atoms with Gasteiger partial charge in [-0.15, -0.1) is 0 Å². The summed E-state index contributed by atoms with van der Waals surface area (Å²) in [6.45, 7) is 1.17. The van der Waals surface area contributed by atoms with Crippen molar-refractivity contribution in [2.75, 3.05) is 6.61 Å². The van der Waals surface area contributed by atoms with Gasteiger partial charge in [-0.25, -0.2) is 0 Å². The summed E-state index contributed by atoms with van der Waals surface area (Å²) in [7, 11) is 0. The molecule has 88 valence electrons. The molecule has 0 bridgehead atoms. The molecule has 1 aliphatic rings. The van der Waals surface area contributed by atoms with Crippen LogP contribution in [0.15, 0.2) is 28.7 Å². The third kappa shape index (κ3) is 3.58. The van der Waals surface area contributed by atoms with Gasteiger partial charge in [0.15, 0.2) is 0 Å². The van der Waals surface area contributed by atoms with E-state index in [-0.39, 0.29) is 6.61 Å². The lowest BCUT2D eigenvalue weighted by atomic mass is 10.1. The third-order valence-corrected chi connectivity index (χ3v) is 3.58. The van der Waals surface area contributed by atoms with E-state index >= 15 is 0 Å². The zero-order valence-electron chi connectivity index (χ0n) is 9.32. The molecule has 0 spiro atoms. The fourth-order valence-electron chi connectivity index (χ4n) is 2.04. The number of nitrogens with one attached hydrogen (secondary N) is 1. The van der Waals surface area contributed by atoms with Crippen LogP contribution in [0.2, 0.25) is 0 Å². The van der Waals surface area contributed by atoms with Gasteiger partial charge in [0.1, 0.15) is 0 Å². The van der Waals surface area contributed by atoms with Crippen molar-refractivity contribution in [2.45, 2.75) is 31.8 Å². The molecule has 0 aromatic heterocycles. The molecule has 1 saturated carbocycles. The predicted octanol–water partition coefficient (Wildman–Crippen LogP) is 2.70. The molecular weight excluding hydrogens is 266 g/mol. The fourth-order valence-corrected chi connectivity index (χ4v) is 2.48. The first-order chi connectivity index (χ1) is 7.79. The van der Waals surface area contributed by atoms with Crippen LogP contribution in [0.4, 0.5) is 0 Å². The highest BCUT2D eigenvalue weighted by molar-refractivity contribution is 9.10. The number of hydrogen-bond acceptors (Lipinski definition) is 2. The Kier molecular flexibility index (Phi) is 4.38. The normalized spacial score (nSPS) is 17.4. The summed E-state index contributed by atoms with van der Waals surface area (Å²) in [6.07, 6.45) is 3.50. The fraction of sp³-hybridized carbons (Fsp3) is 0.538. The van der Waals surface area contributed by atoms with E-state index in [1.165, 1.54) is 18.4 Å². The quantitative estimate of drug-likeness (QED) is 0.842. The zero-order valence-corrected chi connectivity index (χ0v) is 10.9. The van der Waals surface area contributed by atoms with Crippen molar-refractivity contribution in [3.05, 3.63) is 34.3 Å². The smallest absolute Gasteiger partial charge is 0.0445 e. The molecule has 1 aromatic carbocycles. The van der Waals surface area contributed by atoms with E-state index in [1.54, 1.807) is 0 Å². The van der Waals surface area contributed by atoms with Gasteiger partial charge in [-0.05, 0) is 42.9 Å². The molecule has 0 heterocycles. The minimum atomic E-state index is 0.284. The van der Waals surface area contributed by atoms with Crippen molar-refractivity contribution in [1.82, 2.24) is 5.32 Å². The van der Waals surface area contributed by atoms with Crippen LogP contribution in [0.3, 0.4) is 0 Å². The second-order valence-corrected chi connectivity index (χ2v) is 5.38. The molecular formula is C13H18BrNO. The van der Waals surface area contributed by atoms with Gasteiger partial charge in [0, 0.05) is 23.7 Å². The highest BCUT2D eigenvalue weighted by Crippen LogP contribution is 2.34. The Labute approximate surface area is 105 Å². The largest absolute Gasteiger partial charge is 0.396 e. The molecule has 1 fully saturated rings. The highest BCUT2D eigenvalue weighted by atomic mass is 79.9. The Morgan fingerprint density at radius 1 is 1.44 bits per heavy atom. The van der Waals surface area contributed by atoms with Crippen LogP contribution >= 0.6 is 15.9 Å². The monoisotopic (exact) mass is 283 g/mol. The average molecular weight is 284 g/mol. The Morgan fingerprint density at radius 2 is 2.25 bits per heavy atom. The van der Waals surface area contributed by atoms with Gasteiger partial charge in [-0.3, -0.25) is 0 Å². The Hall–Kier alpha value is -0.380. The first-order valence-electron chi connectivity index (χ1n) is 5.88. The molecule has 0 radical (unpaired) electrons. The molecule has 16 heavy (non-hydrogen) atoms. The van der Waals surface area contributed by atoms with Crippen LogP contribution < -0.4 is 5.32 Å². The SMILES string of the molecule is OCCC(NCc1cccc(Br)c1)C1CC1. The summed E-state index contributed by atoms with van der Waals surface area (Å²) < 4.78 is 1.12. The van der Waals surface area contributed by atoms with Crippen LogP contribution in [-0.4, -0.2) is 17.8 Å². The summed E-state index contributed by atoms with van der Waals surface area (Å²) in [5, 5.41) is 12.6. The summed E-state index contributed by atoms with van der Waals surface area (Å²) >= 11 is 3.47. The Morgan fingerprint density at radius 3 is 2.88 bits per heavy atom. The van der Waals surface area contributed by atoms with Crippen LogP contribution in [0.25, 0.3) is 0 Å². The van der Waals surface area contributed by atoms with Crippen LogP contribution in [-0.2, 0) is 6.54 Å². The number of hydrogen-bond donors (Lipinski definition) is 2. The highest BCUT2D eigenvalue weighted by Gasteiger charge is 2.30. The third-order valence-electron chi connectivity index (χ3n) is 3.09. The molecule has 1 aromatic rings. The minimum absolute atomic E-state index is 0.284. The lowest BCUT2D eigenvalue weighted by Gasteiger charge is -2.17. The second-order valence-electron chi connectivity index (χ2n) is 4.47. The van der Waals surface area contributed by atoms with Crippen LogP contribution in [0.5, 0.6) is 0 Å². The average Bonchev–Trinajstić information content (AvgIpc) is 3.08. The van der Waals surface area contributed by atoms with Crippen molar-refractivity contribution in [1.29, 1.82) is 0 Å². The number of rotatable bonds is 6. The molecule has 2 N–H and O–H groups in total. The summed E-state index contributed by atoms with van der Waals surface area (Å²) in [5.74, 6) is 0.791. The molecule has 0 aliphatic heterocycles. The molecule has 1 atom stereocenters. The van der Waals surface area contributed by atoms with Gasteiger partial charge in [-0.1, -0.05) is 28.1 Å². The van der Waals surface area contributed by atoms with Crippen molar-refractivity contribution in [2.24, 2.45) is 5.92 Å². The summed E-state index contributed by atoms with van der Waals surface area (Å²) in [4.78, 5) is 0. The van der Waals surface area contributed by atoms with E-state index in [1.807, 2.05) is 6.07 Å². The van der Waals surface area contributed by atoms with E-state index in [4.69, 9.17) is 5.11 Å². The molecule has 2 nitrogen and oxygen atoms in total. The van der Waals surface area contributed by atoms with Crippen molar-refractivity contribution < 1.29 is 5.11 Å². The van der Waals surface area contributed by atoms with E-state index in [9.17, 15) is 0 Å². The number of aliphatic hydroxyl groups is 1. The first-order valence-corrected chi connectivity index (χ1v) is 6.67. The maximum absolute atomic E-state index is 9.01. The lowest BCUT2D eigenvalue weighted by molar-refractivity contribution is 0.256. The molecule has 3 heteroatoms. The maximum Gasteiger partial charge on any atom is 0.0445 e. The molecule has 0 saturated heterocycles. The zero-order chi connectivity index (χ0) is 11.4. The number of halogens is 1. The first kappa shape index (κ1) is 12.1. The van der Waals surface area contributed by atoms with E-state index in [0.29, 0.717) is 6.04 Å². The summed E-state index contributed by atoms with van der Waals surface area (Å²) in [5.41, 5.74) is 1.29. The van der Waals surface area contributed by atoms with Gasteiger partial charge >= 0.3 is 0 Å². The van der Waals surface area contributed by atoms with Crippen molar-refractivity contribution in [3.8, 4) is 0 Å². The van der Waals surface area contributed by atoms with Gasteiger partial charge in [-0.2, -0.15) is 0 Å². The molecule has 0 amide bonds. The van der Waals surface area contributed by atoms with E-state index < -0.39 is 0 Å². The molecule has 1 aliphatic carbocycles. The van der Waals surface area contributed by atoms with Crippen LogP contribution in [0, 0.1) is 5.92 Å². The molecule has 2 rings (SSSR count). The molecule has 1 unspecified atom stereocenters. The standard InChI is InChI=1S/C13H18BrNO/c14-12-3-1-2-10(8-12)9-15-13(6-7-16)11-4-5-11/h1-3,8,11,13,15-16H,4-7,9H2. The Balaban J connectivity index is 1.85.